The highest BCUT2D eigenvalue weighted by atomic mass is 35.5. The topological polar surface area (TPSA) is 115 Å². The van der Waals surface area contributed by atoms with Crippen LogP contribution in [0.5, 0.6) is 5.75 Å². The monoisotopic (exact) mass is 590 g/mol. The highest BCUT2D eigenvalue weighted by Gasteiger charge is 2.31. The van der Waals surface area contributed by atoms with Gasteiger partial charge < -0.3 is 13.9 Å². The van der Waals surface area contributed by atoms with Gasteiger partial charge in [0.05, 0.1) is 32.8 Å². The highest BCUT2D eigenvalue weighted by Crippen LogP contribution is 2.31. The van der Waals surface area contributed by atoms with E-state index >= 15 is 0 Å². The van der Waals surface area contributed by atoms with Gasteiger partial charge in [-0.05, 0) is 71.4 Å². The van der Waals surface area contributed by atoms with E-state index in [-0.39, 0.29) is 17.7 Å². The first-order chi connectivity index (χ1) is 19.0. The summed E-state index contributed by atoms with van der Waals surface area (Å²) in [5.41, 5.74) is 3.55. The van der Waals surface area contributed by atoms with Gasteiger partial charge in [0, 0.05) is 12.6 Å². The molecule has 2 aromatic heterocycles. The maximum Gasteiger partial charge on any atom is 0.573 e. The Kier molecular flexibility index (Phi) is 7.25. The van der Waals surface area contributed by atoms with Crippen molar-refractivity contribution in [2.45, 2.75) is 19.3 Å². The number of rotatable bonds is 6. The van der Waals surface area contributed by atoms with Gasteiger partial charge in [-0.2, -0.15) is 0 Å². The van der Waals surface area contributed by atoms with E-state index in [2.05, 4.69) is 30.7 Å². The molecule has 1 unspecified atom stereocenters. The number of aryl methyl sites for hydroxylation is 1. The number of tetrazole rings is 1. The van der Waals surface area contributed by atoms with E-state index in [1.54, 1.807) is 48.0 Å². The van der Waals surface area contributed by atoms with Gasteiger partial charge in [-0.3, -0.25) is 10.1 Å². The number of aromatic nitrogens is 6. The fraction of sp³-hybridized carbons (Fsp3) is 0.160. The number of hydrogen-bond acceptors (Lipinski definition) is 6. The first-order valence-electron chi connectivity index (χ1n) is 11.6. The number of benzene rings is 3. The fourth-order valence-electron chi connectivity index (χ4n) is 4.17. The zero-order chi connectivity index (χ0) is 28.6. The van der Waals surface area contributed by atoms with Crippen LogP contribution in [0.25, 0.3) is 11.0 Å². The van der Waals surface area contributed by atoms with Crippen molar-refractivity contribution in [3.8, 4) is 5.75 Å². The van der Waals surface area contributed by atoms with Crippen LogP contribution >= 0.6 is 23.2 Å². The van der Waals surface area contributed by atoms with Crippen LogP contribution in [0.4, 0.5) is 24.8 Å². The molecule has 1 atom stereocenters. The van der Waals surface area contributed by atoms with Gasteiger partial charge in [-0.25, -0.2) is 10.1 Å². The van der Waals surface area contributed by atoms with E-state index < -0.39 is 12.3 Å². The number of imidazole rings is 1. The number of anilines is 1. The number of fused-ring (bicyclic) bond motifs is 1. The van der Waals surface area contributed by atoms with Gasteiger partial charge in [0.15, 0.2) is 0 Å². The largest absolute Gasteiger partial charge is 0.573 e. The summed E-state index contributed by atoms with van der Waals surface area (Å²) in [6.45, 7) is 1.94. The molecule has 5 rings (SSSR count). The molecule has 0 aliphatic carbocycles. The maximum absolute atomic E-state index is 12.6. The predicted molar refractivity (Wildman–Crippen MR) is 142 cm³/mol. The number of ether oxygens (including phenoxy) is 1. The number of alkyl halides is 3. The smallest absolute Gasteiger partial charge is 0.406 e. The van der Waals surface area contributed by atoms with Gasteiger partial charge in [-0.15, -0.1) is 13.2 Å². The van der Waals surface area contributed by atoms with E-state index in [9.17, 15) is 18.0 Å². The van der Waals surface area contributed by atoms with Crippen molar-refractivity contribution in [1.82, 2.24) is 29.8 Å². The minimum Gasteiger partial charge on any atom is -0.406 e. The molecule has 206 valence electrons. The van der Waals surface area contributed by atoms with Crippen molar-refractivity contribution in [3.05, 3.63) is 87.5 Å². The van der Waals surface area contributed by atoms with Gasteiger partial charge in [0.25, 0.3) is 5.91 Å². The Morgan fingerprint density at radius 3 is 2.30 bits per heavy atom. The molecule has 5 aromatic rings. The maximum atomic E-state index is 12.6. The minimum atomic E-state index is -4.80. The first kappa shape index (κ1) is 27.2. The third kappa shape index (κ3) is 5.65. The molecule has 15 heteroatoms. The van der Waals surface area contributed by atoms with Gasteiger partial charge in [-0.1, -0.05) is 40.4 Å². The van der Waals surface area contributed by atoms with Crippen molar-refractivity contribution >= 4 is 51.8 Å². The Morgan fingerprint density at radius 2 is 1.70 bits per heavy atom. The summed E-state index contributed by atoms with van der Waals surface area (Å²) in [6.07, 6.45) is -4.80. The van der Waals surface area contributed by atoms with Crippen LogP contribution in [0.15, 0.2) is 65.7 Å². The van der Waals surface area contributed by atoms with Crippen molar-refractivity contribution < 1.29 is 22.7 Å². The van der Waals surface area contributed by atoms with E-state index in [1.807, 2.05) is 11.5 Å². The van der Waals surface area contributed by atoms with Crippen molar-refractivity contribution in [3.63, 3.8) is 0 Å². The minimum absolute atomic E-state index is 0.119. The average Bonchev–Trinajstić information content (AvgIpc) is 3.51. The molecule has 0 radical (unpaired) electrons. The molecular weight excluding hydrogens is 572 g/mol. The molecule has 10 nitrogen and oxygen atoms in total. The number of halogens is 5. The summed E-state index contributed by atoms with van der Waals surface area (Å²) >= 11 is 12.7. The van der Waals surface area contributed by atoms with E-state index in [0.29, 0.717) is 26.9 Å². The lowest BCUT2D eigenvalue weighted by Crippen LogP contribution is -2.27. The fourth-order valence-corrected chi connectivity index (χ4v) is 4.48. The Bertz CT molecular complexity index is 1750. The third-order valence-corrected chi connectivity index (χ3v) is 6.80. The van der Waals surface area contributed by atoms with Crippen LogP contribution < -0.4 is 15.7 Å². The standard InChI is InChI=1S/C25H19Cl2F3N8O2/c1-13(14-3-5-15(6-4-14)22(39)32-23-33-35-36-34-23)38-21-12-19(27)18(26)11-20(21)37(2)24(38)31-16-7-9-17(10-8-16)40-25(28,29)30/h3-13H,1-2H3,(H2,32,33,34,35,36,39)/b31-24+. The zero-order valence-electron chi connectivity index (χ0n) is 20.7. The zero-order valence-corrected chi connectivity index (χ0v) is 22.3. The second kappa shape index (κ2) is 10.7. The summed E-state index contributed by atoms with van der Waals surface area (Å²) in [5.74, 6) is -0.633. The number of nitrogens with one attached hydrogen (secondary N) is 2. The summed E-state index contributed by atoms with van der Waals surface area (Å²) in [7, 11) is 1.79. The molecular formula is C25H19Cl2F3N8O2. The summed E-state index contributed by atoms with van der Waals surface area (Å²) < 4.78 is 45.4. The predicted octanol–water partition coefficient (Wildman–Crippen LogP) is 5.79. The quantitative estimate of drug-likeness (QED) is 0.259. The second-order valence-electron chi connectivity index (χ2n) is 8.64. The SMILES string of the molecule is CC(c1ccc(C(=O)Nc2nnn[nH]2)cc1)n1/c(=N/c2ccc(OC(F)(F)F)cc2)n(C)c2cc(Cl)c(Cl)cc21. The second-order valence-corrected chi connectivity index (χ2v) is 9.45. The van der Waals surface area contributed by atoms with E-state index in [1.165, 1.54) is 24.3 Å². The van der Waals surface area contributed by atoms with Crippen LogP contribution in [0.1, 0.15) is 28.9 Å². The summed E-state index contributed by atoms with van der Waals surface area (Å²) in [5, 5.41) is 16.2. The van der Waals surface area contributed by atoms with Gasteiger partial charge in [0.2, 0.25) is 11.6 Å². The normalized spacial score (nSPS) is 13.0. The van der Waals surface area contributed by atoms with Gasteiger partial charge >= 0.3 is 6.36 Å². The molecule has 3 aromatic carbocycles. The van der Waals surface area contributed by atoms with Crippen LogP contribution in [0.3, 0.4) is 0 Å². The number of nitrogens with zero attached hydrogens (tertiary/aromatic N) is 6. The Labute approximate surface area is 234 Å². The molecule has 0 bridgehead atoms. The van der Waals surface area contributed by atoms with Crippen molar-refractivity contribution in [2.24, 2.45) is 12.0 Å². The molecule has 0 aliphatic rings. The lowest BCUT2D eigenvalue weighted by atomic mass is 10.1. The summed E-state index contributed by atoms with van der Waals surface area (Å²) in [6, 6.07) is 15.3. The highest BCUT2D eigenvalue weighted by molar-refractivity contribution is 6.42. The number of amides is 1. The van der Waals surface area contributed by atoms with E-state index in [4.69, 9.17) is 28.2 Å². The molecule has 0 aliphatic heterocycles. The number of H-pyrrole nitrogens is 1. The average molecular weight is 591 g/mol. The van der Waals surface area contributed by atoms with E-state index in [0.717, 1.165) is 16.6 Å². The molecule has 0 spiro atoms. The Morgan fingerprint density at radius 1 is 1.05 bits per heavy atom. The number of hydrogen-bond donors (Lipinski definition) is 2. The molecule has 2 heterocycles. The van der Waals surface area contributed by atoms with Crippen LogP contribution in [0.2, 0.25) is 10.0 Å². The first-order valence-corrected chi connectivity index (χ1v) is 12.4. The third-order valence-electron chi connectivity index (χ3n) is 6.07. The number of aromatic amines is 1. The van der Waals surface area contributed by atoms with Gasteiger partial charge in [0.1, 0.15) is 5.75 Å². The molecule has 0 fully saturated rings. The van der Waals surface area contributed by atoms with Crippen molar-refractivity contribution in [2.75, 3.05) is 5.32 Å². The lowest BCUT2D eigenvalue weighted by molar-refractivity contribution is -0.274. The van der Waals surface area contributed by atoms with Crippen LogP contribution in [-0.4, -0.2) is 42.0 Å². The molecule has 0 saturated carbocycles. The lowest BCUT2D eigenvalue weighted by Gasteiger charge is -2.16. The Balaban J connectivity index is 1.56. The van der Waals surface area contributed by atoms with Crippen LogP contribution in [-0.2, 0) is 7.05 Å². The number of carbonyl (C=O) groups excluding carboxylic acids is 1. The molecule has 1 amide bonds. The Hall–Kier alpha value is -4.36. The molecule has 0 saturated heterocycles. The van der Waals surface area contributed by atoms with Crippen molar-refractivity contribution in [1.29, 1.82) is 0 Å². The molecule has 40 heavy (non-hydrogen) atoms. The van der Waals surface area contributed by atoms with Crippen LogP contribution in [0, 0.1) is 0 Å². The summed E-state index contributed by atoms with van der Waals surface area (Å²) in [4.78, 5) is 17.2. The number of carbonyl (C=O) groups is 1. The molecule has 2 N–H and O–H groups in total.